The topological polar surface area (TPSA) is 86.2 Å². The van der Waals surface area contributed by atoms with Gasteiger partial charge < -0.3 is 14.2 Å². The normalized spacial score (nSPS) is 10.7. The van der Waals surface area contributed by atoms with Crippen LogP contribution in [0, 0.1) is 0 Å². The molecule has 0 fully saturated rings. The number of carbonyl (C=O) groups excluding carboxylic acids is 2. The third-order valence-electron chi connectivity index (χ3n) is 3.95. The van der Waals surface area contributed by atoms with E-state index in [0.717, 1.165) is 10.8 Å². The number of carbonyl (C=O) groups is 2. The molecular weight excluding hydrogens is 372 g/mol. The Hall–Kier alpha value is -3.87. The number of amides is 1. The molecule has 0 bridgehead atoms. The number of nitrogens with zero attached hydrogens (tertiary/aromatic N) is 1. The molecule has 0 unspecified atom stereocenters. The number of hydrazone groups is 1. The van der Waals surface area contributed by atoms with Gasteiger partial charge in [0.2, 0.25) is 0 Å². The molecule has 3 rings (SSSR count). The molecule has 0 radical (unpaired) electrons. The van der Waals surface area contributed by atoms with Gasteiger partial charge in [-0.2, -0.15) is 5.10 Å². The molecule has 148 valence electrons. The summed E-state index contributed by atoms with van der Waals surface area (Å²) in [6, 6.07) is 18.4. The summed E-state index contributed by atoms with van der Waals surface area (Å²) in [5.74, 6) is 0.494. The number of ether oxygens (including phenoxy) is 3. The Morgan fingerprint density at radius 2 is 1.79 bits per heavy atom. The number of nitrogens with one attached hydrogen (secondary N) is 1. The van der Waals surface area contributed by atoms with Gasteiger partial charge >= 0.3 is 5.97 Å². The molecule has 0 aliphatic rings. The minimum absolute atomic E-state index is 0.167. The second-order valence-corrected chi connectivity index (χ2v) is 6.06. The van der Waals surface area contributed by atoms with Crippen LogP contribution >= 0.6 is 0 Å². The molecule has 0 aromatic heterocycles. The SMILES string of the molecule is COc1cc(/C=N/NC(=O)COc2cccc3ccccc23)ccc1OC(C)=O. The smallest absolute Gasteiger partial charge is 0.308 e. The van der Waals surface area contributed by atoms with E-state index >= 15 is 0 Å². The van der Waals surface area contributed by atoms with E-state index < -0.39 is 11.9 Å². The molecule has 0 spiro atoms. The number of esters is 1. The summed E-state index contributed by atoms with van der Waals surface area (Å²) < 4.78 is 15.9. The molecule has 1 N–H and O–H groups in total. The maximum Gasteiger partial charge on any atom is 0.308 e. The maximum absolute atomic E-state index is 12.0. The third kappa shape index (κ3) is 5.32. The van der Waals surface area contributed by atoms with E-state index in [2.05, 4.69) is 10.5 Å². The van der Waals surface area contributed by atoms with Gasteiger partial charge in [0.15, 0.2) is 18.1 Å². The Morgan fingerprint density at radius 3 is 2.59 bits per heavy atom. The van der Waals surface area contributed by atoms with Crippen LogP contribution in [-0.2, 0) is 9.59 Å². The monoisotopic (exact) mass is 392 g/mol. The van der Waals surface area contributed by atoms with Crippen molar-refractivity contribution in [2.24, 2.45) is 5.10 Å². The Morgan fingerprint density at radius 1 is 1.00 bits per heavy atom. The molecule has 0 saturated heterocycles. The molecule has 3 aromatic carbocycles. The molecule has 0 atom stereocenters. The zero-order chi connectivity index (χ0) is 20.6. The summed E-state index contributed by atoms with van der Waals surface area (Å²) in [6.45, 7) is 1.14. The molecule has 0 aliphatic carbocycles. The number of benzene rings is 3. The second-order valence-electron chi connectivity index (χ2n) is 6.06. The van der Waals surface area contributed by atoms with Crippen molar-refractivity contribution in [1.29, 1.82) is 0 Å². The molecule has 1 amide bonds. The van der Waals surface area contributed by atoms with Gasteiger partial charge in [0.05, 0.1) is 13.3 Å². The fourth-order valence-electron chi connectivity index (χ4n) is 2.68. The molecule has 3 aromatic rings. The van der Waals surface area contributed by atoms with Crippen molar-refractivity contribution in [1.82, 2.24) is 5.43 Å². The van der Waals surface area contributed by atoms with Crippen LogP contribution in [0.2, 0.25) is 0 Å². The summed E-state index contributed by atoms with van der Waals surface area (Å²) in [6.07, 6.45) is 1.45. The van der Waals surface area contributed by atoms with Crippen LogP contribution in [-0.4, -0.2) is 31.8 Å². The first-order chi connectivity index (χ1) is 14.1. The van der Waals surface area contributed by atoms with Gasteiger partial charge in [0.1, 0.15) is 5.75 Å². The van der Waals surface area contributed by atoms with E-state index in [1.807, 2.05) is 42.5 Å². The Kier molecular flexibility index (Phi) is 6.42. The third-order valence-corrected chi connectivity index (χ3v) is 3.95. The van der Waals surface area contributed by atoms with Crippen molar-refractivity contribution in [3.8, 4) is 17.2 Å². The quantitative estimate of drug-likeness (QED) is 0.289. The summed E-state index contributed by atoms with van der Waals surface area (Å²) in [5.41, 5.74) is 3.07. The van der Waals surface area contributed by atoms with Crippen molar-refractivity contribution >= 4 is 28.9 Å². The lowest BCUT2D eigenvalue weighted by Gasteiger charge is -2.09. The summed E-state index contributed by atoms with van der Waals surface area (Å²) in [4.78, 5) is 23.1. The van der Waals surface area contributed by atoms with Gasteiger partial charge in [-0.25, -0.2) is 5.43 Å². The van der Waals surface area contributed by atoms with Gasteiger partial charge in [0, 0.05) is 12.3 Å². The van der Waals surface area contributed by atoms with Gasteiger partial charge in [-0.1, -0.05) is 36.4 Å². The fraction of sp³-hybridized carbons (Fsp3) is 0.136. The van der Waals surface area contributed by atoms with Crippen molar-refractivity contribution in [3.63, 3.8) is 0 Å². The molecule has 0 saturated carbocycles. The van der Waals surface area contributed by atoms with Crippen LogP contribution in [0.15, 0.2) is 65.8 Å². The largest absolute Gasteiger partial charge is 0.493 e. The number of fused-ring (bicyclic) bond motifs is 1. The van der Waals surface area contributed by atoms with Crippen molar-refractivity contribution < 1.29 is 23.8 Å². The van der Waals surface area contributed by atoms with Gasteiger partial charge in [-0.05, 0) is 35.2 Å². The van der Waals surface area contributed by atoms with Crippen LogP contribution < -0.4 is 19.6 Å². The van der Waals surface area contributed by atoms with E-state index in [4.69, 9.17) is 14.2 Å². The highest BCUT2D eigenvalue weighted by Crippen LogP contribution is 2.27. The number of hydrogen-bond donors (Lipinski definition) is 1. The van der Waals surface area contributed by atoms with Crippen molar-refractivity contribution in [2.75, 3.05) is 13.7 Å². The number of methoxy groups -OCH3 is 1. The zero-order valence-corrected chi connectivity index (χ0v) is 16.0. The summed E-state index contributed by atoms with van der Waals surface area (Å²) in [7, 11) is 1.47. The first-order valence-corrected chi connectivity index (χ1v) is 8.86. The van der Waals surface area contributed by atoms with Gasteiger partial charge in [-0.15, -0.1) is 0 Å². The van der Waals surface area contributed by atoms with Crippen LogP contribution in [0.1, 0.15) is 12.5 Å². The zero-order valence-electron chi connectivity index (χ0n) is 16.0. The van der Waals surface area contributed by atoms with Crippen LogP contribution in [0.25, 0.3) is 10.8 Å². The van der Waals surface area contributed by atoms with E-state index in [9.17, 15) is 9.59 Å². The van der Waals surface area contributed by atoms with Gasteiger partial charge in [-0.3, -0.25) is 9.59 Å². The lowest BCUT2D eigenvalue weighted by Crippen LogP contribution is -2.24. The number of rotatable bonds is 7. The summed E-state index contributed by atoms with van der Waals surface area (Å²) in [5, 5.41) is 5.89. The average molecular weight is 392 g/mol. The molecule has 7 nitrogen and oxygen atoms in total. The van der Waals surface area contributed by atoms with E-state index in [0.29, 0.717) is 22.8 Å². The highest BCUT2D eigenvalue weighted by molar-refractivity contribution is 5.89. The van der Waals surface area contributed by atoms with Crippen LogP contribution in [0.4, 0.5) is 0 Å². The Balaban J connectivity index is 1.57. The first-order valence-electron chi connectivity index (χ1n) is 8.86. The predicted octanol–water partition coefficient (Wildman–Crippen LogP) is 3.30. The molecule has 0 heterocycles. The minimum atomic E-state index is -0.442. The van der Waals surface area contributed by atoms with Gasteiger partial charge in [0.25, 0.3) is 5.91 Å². The fourth-order valence-corrected chi connectivity index (χ4v) is 2.68. The first kappa shape index (κ1) is 19.9. The van der Waals surface area contributed by atoms with E-state index in [-0.39, 0.29) is 6.61 Å². The van der Waals surface area contributed by atoms with Crippen LogP contribution in [0.3, 0.4) is 0 Å². The van der Waals surface area contributed by atoms with Crippen molar-refractivity contribution in [3.05, 3.63) is 66.2 Å². The highest BCUT2D eigenvalue weighted by atomic mass is 16.6. The van der Waals surface area contributed by atoms with Crippen molar-refractivity contribution in [2.45, 2.75) is 6.92 Å². The average Bonchev–Trinajstić information content (AvgIpc) is 2.72. The Labute approximate surface area is 167 Å². The van der Waals surface area contributed by atoms with E-state index in [1.165, 1.54) is 20.2 Å². The Bertz CT molecular complexity index is 1060. The molecule has 29 heavy (non-hydrogen) atoms. The second kappa shape index (κ2) is 9.36. The predicted molar refractivity (Wildman–Crippen MR) is 109 cm³/mol. The maximum atomic E-state index is 12.0. The molecular formula is C22H20N2O5. The molecule has 7 heteroatoms. The molecule has 0 aliphatic heterocycles. The number of hydrogen-bond acceptors (Lipinski definition) is 6. The minimum Gasteiger partial charge on any atom is -0.493 e. The van der Waals surface area contributed by atoms with Crippen LogP contribution in [0.5, 0.6) is 17.2 Å². The lowest BCUT2D eigenvalue weighted by atomic mass is 10.1. The standard InChI is InChI=1S/C22H20N2O5/c1-15(25)29-20-11-10-16(12-21(20)27-2)13-23-24-22(26)14-28-19-9-5-7-17-6-3-4-8-18(17)19/h3-13H,14H2,1-2H3,(H,24,26)/b23-13+. The van der Waals surface area contributed by atoms with E-state index in [1.54, 1.807) is 18.2 Å². The summed E-state index contributed by atoms with van der Waals surface area (Å²) >= 11 is 0. The lowest BCUT2D eigenvalue weighted by molar-refractivity contribution is -0.132. The highest BCUT2D eigenvalue weighted by Gasteiger charge is 2.08.